The van der Waals surface area contributed by atoms with Crippen molar-refractivity contribution in [3.8, 4) is 11.4 Å². The van der Waals surface area contributed by atoms with Gasteiger partial charge in [-0.1, -0.05) is 18.2 Å². The lowest BCUT2D eigenvalue weighted by atomic mass is 10.2. The number of aromatic nitrogens is 2. The quantitative estimate of drug-likeness (QED) is 0.464. The van der Waals surface area contributed by atoms with Gasteiger partial charge in [0.1, 0.15) is 11.6 Å². The summed E-state index contributed by atoms with van der Waals surface area (Å²) in [5, 5.41) is 16.0. The summed E-state index contributed by atoms with van der Waals surface area (Å²) in [5.74, 6) is -5.00. The average molecular weight is 415 g/mol. The molecule has 0 aliphatic heterocycles. The third-order valence-corrected chi connectivity index (χ3v) is 3.83. The Morgan fingerprint density at radius 1 is 1.00 bits per heavy atom. The molecule has 1 heterocycles. The number of nitrogens with zero attached hydrogens (tertiary/aromatic N) is 2. The number of carbonyl (C=O) groups excluding carboxylic acids is 3. The summed E-state index contributed by atoms with van der Waals surface area (Å²) in [6.07, 6.45) is 1.23. The molecule has 3 rings (SSSR count). The Kier molecular flexibility index (Phi) is 6.01. The Balaban J connectivity index is 1.53. The van der Waals surface area contributed by atoms with Crippen molar-refractivity contribution in [1.82, 2.24) is 25.9 Å². The molecule has 0 saturated heterocycles. The zero-order valence-corrected chi connectivity index (χ0v) is 15.2. The van der Waals surface area contributed by atoms with Crippen LogP contribution < -0.4 is 16.2 Å². The fourth-order valence-corrected chi connectivity index (χ4v) is 2.40. The first-order valence-electron chi connectivity index (χ1n) is 8.51. The summed E-state index contributed by atoms with van der Waals surface area (Å²) in [5.41, 5.74) is 3.88. The molecule has 0 saturated carbocycles. The molecule has 2 aromatic carbocycles. The van der Waals surface area contributed by atoms with Gasteiger partial charge in [0.15, 0.2) is 11.4 Å². The summed E-state index contributed by atoms with van der Waals surface area (Å²) in [4.78, 5) is 35.7. The number of rotatable bonds is 5. The topological polar surface area (TPSA) is 125 Å². The van der Waals surface area contributed by atoms with Gasteiger partial charge in [-0.15, -0.1) is 0 Å². The van der Waals surface area contributed by atoms with Crippen LogP contribution in [0.3, 0.4) is 0 Å². The molecule has 154 valence electrons. The largest absolute Gasteiger partial charge is 0.504 e. The van der Waals surface area contributed by atoms with Crippen LogP contribution in [0.4, 0.5) is 8.78 Å². The maximum Gasteiger partial charge on any atom is 0.294 e. The molecule has 30 heavy (non-hydrogen) atoms. The molecule has 3 aromatic rings. The Hall–Kier alpha value is -4.28. The van der Waals surface area contributed by atoms with Gasteiger partial charge in [-0.05, 0) is 24.3 Å². The third kappa shape index (κ3) is 4.76. The van der Waals surface area contributed by atoms with Gasteiger partial charge in [0.2, 0.25) is 0 Å². The lowest BCUT2D eigenvalue weighted by Crippen LogP contribution is -2.46. The first-order chi connectivity index (χ1) is 14.3. The van der Waals surface area contributed by atoms with Crippen molar-refractivity contribution in [1.29, 1.82) is 0 Å². The molecule has 0 fully saturated rings. The molecule has 0 aliphatic carbocycles. The first-order valence-corrected chi connectivity index (χ1v) is 8.51. The highest BCUT2D eigenvalue weighted by molar-refractivity contribution is 5.98. The molecule has 4 N–H and O–H groups in total. The average Bonchev–Trinajstić information content (AvgIpc) is 3.12. The van der Waals surface area contributed by atoms with E-state index in [1.165, 1.54) is 10.9 Å². The van der Waals surface area contributed by atoms with Crippen molar-refractivity contribution in [3.05, 3.63) is 77.6 Å². The molecule has 0 radical (unpaired) electrons. The van der Waals surface area contributed by atoms with Crippen LogP contribution in [0.5, 0.6) is 5.75 Å². The van der Waals surface area contributed by atoms with E-state index in [-0.39, 0.29) is 5.69 Å². The summed E-state index contributed by atoms with van der Waals surface area (Å²) < 4.78 is 27.7. The van der Waals surface area contributed by atoms with Crippen LogP contribution in [0, 0.1) is 11.6 Å². The van der Waals surface area contributed by atoms with Gasteiger partial charge in [-0.2, -0.15) is 5.10 Å². The summed E-state index contributed by atoms with van der Waals surface area (Å²) in [6.45, 7) is -0.597. The van der Waals surface area contributed by atoms with Crippen molar-refractivity contribution in [2.45, 2.75) is 0 Å². The Bertz CT molecular complexity index is 1100. The van der Waals surface area contributed by atoms with Crippen LogP contribution in [0.15, 0.2) is 54.7 Å². The fourth-order valence-electron chi connectivity index (χ4n) is 2.40. The summed E-state index contributed by atoms with van der Waals surface area (Å²) >= 11 is 0. The van der Waals surface area contributed by atoms with E-state index in [9.17, 15) is 28.3 Å². The zero-order chi connectivity index (χ0) is 21.7. The van der Waals surface area contributed by atoms with Gasteiger partial charge in [0.05, 0.1) is 24.0 Å². The number of hydrogen-bond acceptors (Lipinski definition) is 5. The number of carbonyl (C=O) groups is 3. The van der Waals surface area contributed by atoms with Crippen molar-refractivity contribution in [2.24, 2.45) is 0 Å². The number of aromatic hydroxyl groups is 1. The van der Waals surface area contributed by atoms with Gasteiger partial charge >= 0.3 is 0 Å². The zero-order valence-electron chi connectivity index (χ0n) is 15.2. The minimum absolute atomic E-state index is 0.337. The van der Waals surface area contributed by atoms with Gasteiger partial charge in [0, 0.05) is 6.07 Å². The standard InChI is InChI=1S/C19H15F2N5O4/c20-11-6-7-13(14(21)8-11)18(29)22-9-16(28)23-24-19(30)17-15(27)10-26(25-17)12-4-2-1-3-5-12/h1-8,10,27H,9H2,(H,22,29)(H,23,28)(H,24,30). The van der Waals surface area contributed by atoms with Crippen LogP contribution in [0.1, 0.15) is 20.8 Å². The van der Waals surface area contributed by atoms with Crippen molar-refractivity contribution < 1.29 is 28.3 Å². The number of halogens is 2. The number of amides is 3. The van der Waals surface area contributed by atoms with E-state index in [0.29, 0.717) is 11.8 Å². The summed E-state index contributed by atoms with van der Waals surface area (Å²) in [6, 6.07) is 11.1. The summed E-state index contributed by atoms with van der Waals surface area (Å²) in [7, 11) is 0. The minimum Gasteiger partial charge on any atom is -0.504 e. The molecule has 0 atom stereocenters. The van der Waals surface area contributed by atoms with Crippen molar-refractivity contribution in [3.63, 3.8) is 0 Å². The Labute approximate surface area is 168 Å². The van der Waals surface area contributed by atoms with Crippen LogP contribution in [-0.4, -0.2) is 39.2 Å². The van der Waals surface area contributed by atoms with Crippen molar-refractivity contribution in [2.75, 3.05) is 6.54 Å². The fraction of sp³-hybridized carbons (Fsp3) is 0.0526. The third-order valence-electron chi connectivity index (χ3n) is 3.83. The lowest BCUT2D eigenvalue weighted by Gasteiger charge is -2.08. The maximum absolute atomic E-state index is 13.5. The Morgan fingerprint density at radius 3 is 2.43 bits per heavy atom. The first kappa shape index (κ1) is 20.5. The van der Waals surface area contributed by atoms with Crippen LogP contribution >= 0.6 is 0 Å². The highest BCUT2D eigenvalue weighted by Crippen LogP contribution is 2.17. The maximum atomic E-state index is 13.5. The molecule has 1 aromatic heterocycles. The number of para-hydroxylation sites is 1. The van der Waals surface area contributed by atoms with E-state index in [1.807, 2.05) is 10.9 Å². The molecule has 9 nitrogen and oxygen atoms in total. The van der Waals surface area contributed by atoms with E-state index in [1.54, 1.807) is 30.3 Å². The second-order valence-corrected chi connectivity index (χ2v) is 5.95. The normalized spacial score (nSPS) is 10.3. The SMILES string of the molecule is O=C(CNC(=O)c1ccc(F)cc1F)NNC(=O)c1nn(-c2ccccc2)cc1O. The van der Waals surface area contributed by atoms with E-state index >= 15 is 0 Å². The number of hydrazine groups is 1. The minimum atomic E-state index is -1.08. The van der Waals surface area contributed by atoms with E-state index in [2.05, 4.69) is 10.4 Å². The van der Waals surface area contributed by atoms with E-state index in [4.69, 9.17) is 0 Å². The molecular formula is C19H15F2N5O4. The van der Waals surface area contributed by atoms with Crippen LogP contribution in [0.2, 0.25) is 0 Å². The van der Waals surface area contributed by atoms with Gasteiger partial charge in [-0.3, -0.25) is 25.2 Å². The van der Waals surface area contributed by atoms with Gasteiger partial charge in [0.25, 0.3) is 17.7 Å². The van der Waals surface area contributed by atoms with Crippen LogP contribution in [-0.2, 0) is 4.79 Å². The predicted octanol–water partition coefficient (Wildman–Crippen LogP) is 1.05. The smallest absolute Gasteiger partial charge is 0.294 e. The van der Waals surface area contributed by atoms with E-state index < -0.39 is 47.2 Å². The molecule has 0 spiro atoms. The van der Waals surface area contributed by atoms with Gasteiger partial charge in [-0.25, -0.2) is 13.5 Å². The highest BCUT2D eigenvalue weighted by Gasteiger charge is 2.18. The predicted molar refractivity (Wildman–Crippen MR) is 99.5 cm³/mol. The second-order valence-electron chi connectivity index (χ2n) is 5.95. The van der Waals surface area contributed by atoms with Crippen LogP contribution in [0.25, 0.3) is 5.69 Å². The highest BCUT2D eigenvalue weighted by atomic mass is 19.1. The monoisotopic (exact) mass is 415 g/mol. The number of nitrogens with one attached hydrogen (secondary N) is 3. The van der Waals surface area contributed by atoms with Crippen molar-refractivity contribution >= 4 is 17.7 Å². The molecule has 0 aliphatic rings. The Morgan fingerprint density at radius 2 is 1.73 bits per heavy atom. The number of hydrogen-bond donors (Lipinski definition) is 4. The van der Waals surface area contributed by atoms with E-state index in [0.717, 1.165) is 12.1 Å². The molecule has 11 heteroatoms. The van der Waals surface area contributed by atoms with Gasteiger partial charge < -0.3 is 10.4 Å². The molecule has 0 bridgehead atoms. The molecular weight excluding hydrogens is 400 g/mol. The number of benzene rings is 2. The second kappa shape index (κ2) is 8.82. The molecule has 0 unspecified atom stereocenters. The lowest BCUT2D eigenvalue weighted by molar-refractivity contribution is -0.120. The molecule has 3 amide bonds.